The monoisotopic (exact) mass is 979 g/mol. The predicted octanol–water partition coefficient (Wildman–Crippen LogP) is 18.7. The van der Waals surface area contributed by atoms with Crippen molar-refractivity contribution in [3.05, 3.63) is 173 Å². The number of aryl methyl sites for hydroxylation is 1. The van der Waals surface area contributed by atoms with E-state index in [-0.39, 0.29) is 44.6 Å². The minimum Gasteiger partial charge on any atom is -0.311 e. The lowest BCUT2D eigenvalue weighted by Crippen LogP contribution is -2.61. The van der Waals surface area contributed by atoms with Crippen LogP contribution in [0.1, 0.15) is 178 Å². The topological polar surface area (TPSA) is 6.48 Å². The smallest absolute Gasteiger partial charge is 0.252 e. The van der Waals surface area contributed by atoms with Crippen molar-refractivity contribution >= 4 is 57.2 Å². The van der Waals surface area contributed by atoms with Gasteiger partial charge in [0.2, 0.25) is 0 Å². The zero-order valence-corrected chi connectivity index (χ0v) is 49.2. The molecule has 384 valence electrons. The van der Waals surface area contributed by atoms with E-state index in [2.05, 4.69) is 288 Å². The van der Waals surface area contributed by atoms with Crippen LogP contribution < -0.4 is 26.2 Å². The first-order valence-electron chi connectivity index (χ1n) is 27.7. The maximum Gasteiger partial charge on any atom is 0.252 e. The molecule has 0 saturated heterocycles. The van der Waals surface area contributed by atoms with Gasteiger partial charge in [0.1, 0.15) is 0 Å². The molecule has 2 nitrogen and oxygen atoms in total. The van der Waals surface area contributed by atoms with Gasteiger partial charge in [0.25, 0.3) is 6.71 Å². The Morgan fingerprint density at radius 3 is 1.04 bits per heavy atom. The molecule has 9 rings (SSSR count). The molecule has 0 fully saturated rings. The summed E-state index contributed by atoms with van der Waals surface area (Å²) in [4.78, 5) is 5.19. The van der Waals surface area contributed by atoms with Gasteiger partial charge >= 0.3 is 0 Å². The summed E-state index contributed by atoms with van der Waals surface area (Å²) in [5, 5.41) is 0. The van der Waals surface area contributed by atoms with E-state index in [4.69, 9.17) is 0 Å². The van der Waals surface area contributed by atoms with Crippen molar-refractivity contribution in [1.82, 2.24) is 0 Å². The zero-order chi connectivity index (χ0) is 53.9. The Morgan fingerprint density at radius 1 is 0.324 bits per heavy atom. The van der Waals surface area contributed by atoms with Gasteiger partial charge < -0.3 is 9.80 Å². The van der Waals surface area contributed by atoms with E-state index in [1.807, 2.05) is 0 Å². The van der Waals surface area contributed by atoms with E-state index < -0.39 is 0 Å². The van der Waals surface area contributed by atoms with Crippen molar-refractivity contribution in [2.45, 2.75) is 178 Å². The summed E-state index contributed by atoms with van der Waals surface area (Å²) in [5.41, 5.74) is 24.8. The van der Waals surface area contributed by atoms with Crippen LogP contribution >= 0.6 is 0 Å². The molecule has 0 atom stereocenters. The number of rotatable bonds is 8. The second-order valence-electron chi connectivity index (χ2n) is 29.3. The zero-order valence-electron chi connectivity index (χ0n) is 49.2. The Morgan fingerprint density at radius 2 is 0.676 bits per heavy atom. The van der Waals surface area contributed by atoms with Crippen LogP contribution in [0.15, 0.2) is 140 Å². The van der Waals surface area contributed by atoms with Crippen molar-refractivity contribution in [3.63, 3.8) is 0 Å². The largest absolute Gasteiger partial charge is 0.311 e. The van der Waals surface area contributed by atoms with Crippen molar-refractivity contribution in [1.29, 1.82) is 0 Å². The highest BCUT2D eigenvalue weighted by molar-refractivity contribution is 7.00. The van der Waals surface area contributed by atoms with E-state index in [1.165, 1.54) is 100 Å². The second-order valence-corrected chi connectivity index (χ2v) is 29.3. The average Bonchev–Trinajstić information content (AvgIpc) is 3.28. The van der Waals surface area contributed by atoms with Crippen molar-refractivity contribution in [2.75, 3.05) is 9.80 Å². The van der Waals surface area contributed by atoms with Crippen LogP contribution in [0.2, 0.25) is 0 Å². The van der Waals surface area contributed by atoms with Gasteiger partial charge in [-0.3, -0.25) is 0 Å². The Labute approximate surface area is 449 Å². The van der Waals surface area contributed by atoms with Crippen LogP contribution in [-0.2, 0) is 27.1 Å². The van der Waals surface area contributed by atoms with Gasteiger partial charge in [0, 0.05) is 34.1 Å². The SMILES string of the molecule is Cc1cc2c3c(c1)N(c1cc(-c4ccc(C(C)(C)CC(C)(C)C)cc4)cc(-c4ccc(C(C)(C)CC(C)(C)C)cc4)c1)c1ccc(C(C)(C)C)cc1B3c1cc(C(C)(C)C)ccc1N2c1ccc(C(C)(C)C)cc1. The van der Waals surface area contributed by atoms with Gasteiger partial charge in [-0.05, 0) is 184 Å². The lowest BCUT2D eigenvalue weighted by atomic mass is 9.33. The normalized spacial score (nSPS) is 14.2. The minimum atomic E-state index is -0.0455. The summed E-state index contributed by atoms with van der Waals surface area (Å²) in [5.74, 6) is 0. The highest BCUT2D eigenvalue weighted by Gasteiger charge is 2.44. The third kappa shape index (κ3) is 10.4. The molecule has 0 aliphatic carbocycles. The lowest BCUT2D eigenvalue weighted by Gasteiger charge is -2.45. The van der Waals surface area contributed by atoms with Crippen molar-refractivity contribution in [3.8, 4) is 22.3 Å². The van der Waals surface area contributed by atoms with Crippen LogP contribution in [0, 0.1) is 17.8 Å². The lowest BCUT2D eigenvalue weighted by molar-refractivity contribution is 0.283. The van der Waals surface area contributed by atoms with Gasteiger partial charge in [0.05, 0.1) is 0 Å². The van der Waals surface area contributed by atoms with Gasteiger partial charge in [-0.2, -0.15) is 0 Å². The number of benzene rings is 7. The van der Waals surface area contributed by atoms with Crippen molar-refractivity contribution < 1.29 is 0 Å². The third-order valence-corrected chi connectivity index (χ3v) is 16.1. The van der Waals surface area contributed by atoms with Gasteiger partial charge in [-0.1, -0.05) is 216 Å². The molecular formula is C71H87BN2. The van der Waals surface area contributed by atoms with Crippen LogP contribution in [0.4, 0.5) is 34.1 Å². The molecule has 0 N–H and O–H groups in total. The minimum absolute atomic E-state index is 0.0206. The molecule has 2 aliphatic heterocycles. The van der Waals surface area contributed by atoms with Gasteiger partial charge in [0.15, 0.2) is 0 Å². The fourth-order valence-electron chi connectivity index (χ4n) is 12.9. The molecule has 0 bridgehead atoms. The molecule has 2 heterocycles. The summed E-state index contributed by atoms with van der Waals surface area (Å²) >= 11 is 0. The van der Waals surface area contributed by atoms with Crippen molar-refractivity contribution in [2.24, 2.45) is 10.8 Å². The van der Waals surface area contributed by atoms with E-state index >= 15 is 0 Å². The molecule has 7 aromatic carbocycles. The average molecular weight is 979 g/mol. The molecule has 2 aliphatic rings. The summed E-state index contributed by atoms with van der Waals surface area (Å²) in [6, 6.07) is 55.4. The summed E-state index contributed by atoms with van der Waals surface area (Å²) in [6.07, 6.45) is 2.21. The van der Waals surface area contributed by atoms with E-state index in [0.717, 1.165) is 18.5 Å². The van der Waals surface area contributed by atoms with Crippen LogP contribution in [0.3, 0.4) is 0 Å². The molecule has 3 heteroatoms. The predicted molar refractivity (Wildman–Crippen MR) is 326 cm³/mol. The van der Waals surface area contributed by atoms with Gasteiger partial charge in [-0.25, -0.2) is 0 Å². The molecule has 0 radical (unpaired) electrons. The molecule has 0 saturated carbocycles. The second kappa shape index (κ2) is 18.2. The number of hydrogen-bond donors (Lipinski definition) is 0. The molecule has 0 amide bonds. The molecule has 0 spiro atoms. The number of fused-ring (bicyclic) bond motifs is 4. The highest BCUT2D eigenvalue weighted by Crippen LogP contribution is 2.48. The summed E-state index contributed by atoms with van der Waals surface area (Å²) in [7, 11) is 0. The number of anilines is 6. The molecule has 74 heavy (non-hydrogen) atoms. The van der Waals surface area contributed by atoms with E-state index in [1.54, 1.807) is 0 Å². The quantitative estimate of drug-likeness (QED) is 0.140. The Hall–Kier alpha value is -5.80. The van der Waals surface area contributed by atoms with E-state index in [0.29, 0.717) is 0 Å². The fourth-order valence-corrected chi connectivity index (χ4v) is 12.9. The van der Waals surface area contributed by atoms with E-state index in [9.17, 15) is 0 Å². The summed E-state index contributed by atoms with van der Waals surface area (Å²) < 4.78 is 0. The Bertz CT molecular complexity index is 3130. The maximum absolute atomic E-state index is 2.62. The molecule has 0 unspecified atom stereocenters. The molecular weight excluding hydrogens is 892 g/mol. The third-order valence-electron chi connectivity index (χ3n) is 16.1. The van der Waals surface area contributed by atoms with Crippen LogP contribution in [0.5, 0.6) is 0 Å². The van der Waals surface area contributed by atoms with Crippen LogP contribution in [0.25, 0.3) is 22.3 Å². The van der Waals surface area contributed by atoms with Crippen LogP contribution in [-0.4, -0.2) is 6.71 Å². The molecule has 0 aromatic heterocycles. The maximum atomic E-state index is 2.62. The Kier molecular flexibility index (Phi) is 13.0. The fraction of sp³-hybridized carbons (Fsp3) is 0.408. The first-order chi connectivity index (χ1) is 34.2. The number of nitrogens with zero attached hydrogens (tertiary/aromatic N) is 2. The number of hydrogen-bond acceptors (Lipinski definition) is 2. The summed E-state index contributed by atoms with van der Waals surface area (Å²) in [6.45, 7) is 47.1. The standard InChI is InChI=1S/C71H87BN2/c1-46-37-62-64-63(38-46)74(57-40-49(47-21-25-52(26-22-47)70(17,18)44-65(2,3)4)39-50(41-57)48-23-27-53(28-24-48)71(19,20)45-66(5,6)7)61-36-32-55(69(14,15)16)43-59(61)72(64)58-42-54(68(11,12)13)31-35-60(58)73(62)56-33-29-51(30-34-56)67(8,9)10/h21-43H,44-45H2,1-20H3. The molecule has 7 aromatic rings. The van der Waals surface area contributed by atoms with Gasteiger partial charge in [-0.15, -0.1) is 0 Å². The highest BCUT2D eigenvalue weighted by atomic mass is 15.2. The Balaban J connectivity index is 1.32. The first-order valence-corrected chi connectivity index (χ1v) is 27.7. The first kappa shape index (κ1) is 53.0.